The number of hydrogen-bond acceptors (Lipinski definition) is 2. The fraction of sp³-hybridized carbons (Fsp3) is 0.714. The van der Waals surface area contributed by atoms with Crippen molar-refractivity contribution in [3.63, 3.8) is 0 Å². The molecule has 102 valence electrons. The molecule has 1 aliphatic carbocycles. The molecule has 0 fully saturated rings. The molecule has 1 unspecified atom stereocenters. The number of nitrogens with zero attached hydrogens (tertiary/aromatic N) is 1. The van der Waals surface area contributed by atoms with Gasteiger partial charge in [0.05, 0.1) is 11.8 Å². The highest BCUT2D eigenvalue weighted by atomic mass is 16.4. The zero-order chi connectivity index (χ0) is 13.7. The van der Waals surface area contributed by atoms with E-state index in [2.05, 4.69) is 6.92 Å². The third kappa shape index (κ3) is 3.34. The van der Waals surface area contributed by atoms with Gasteiger partial charge >= 0.3 is 5.97 Å². The van der Waals surface area contributed by atoms with Gasteiger partial charge in [-0.2, -0.15) is 0 Å². The lowest BCUT2D eigenvalue weighted by molar-refractivity contribution is -0.150. The van der Waals surface area contributed by atoms with Crippen LogP contribution in [0.25, 0.3) is 0 Å². The van der Waals surface area contributed by atoms with Gasteiger partial charge in [-0.1, -0.05) is 25.5 Å². The van der Waals surface area contributed by atoms with Gasteiger partial charge in [-0.25, -0.2) is 0 Å². The van der Waals surface area contributed by atoms with Crippen LogP contribution in [0.5, 0.6) is 0 Å². The van der Waals surface area contributed by atoms with E-state index < -0.39 is 17.8 Å². The van der Waals surface area contributed by atoms with Crippen LogP contribution < -0.4 is 0 Å². The Morgan fingerprint density at radius 1 is 1.33 bits per heavy atom. The van der Waals surface area contributed by atoms with Crippen molar-refractivity contribution in [2.75, 3.05) is 7.05 Å². The average molecular weight is 253 g/mol. The molecule has 1 N–H and O–H groups in total. The van der Waals surface area contributed by atoms with Crippen molar-refractivity contribution >= 4 is 11.9 Å². The highest BCUT2D eigenvalue weighted by Gasteiger charge is 2.36. The largest absolute Gasteiger partial charge is 0.481 e. The van der Waals surface area contributed by atoms with Crippen LogP contribution in [-0.4, -0.2) is 35.0 Å². The minimum atomic E-state index is -0.866. The second-order valence-electron chi connectivity index (χ2n) is 5.08. The van der Waals surface area contributed by atoms with Crippen LogP contribution in [0, 0.1) is 11.8 Å². The average Bonchev–Trinajstić information content (AvgIpc) is 2.37. The molecule has 0 bridgehead atoms. The lowest BCUT2D eigenvalue weighted by Gasteiger charge is -2.32. The number of carbonyl (C=O) groups is 2. The predicted molar refractivity (Wildman–Crippen MR) is 70.1 cm³/mol. The van der Waals surface area contributed by atoms with Gasteiger partial charge < -0.3 is 10.0 Å². The Kier molecular flexibility index (Phi) is 5.38. The third-order valence-corrected chi connectivity index (χ3v) is 3.78. The summed E-state index contributed by atoms with van der Waals surface area (Å²) in [5, 5.41) is 9.18. The quantitative estimate of drug-likeness (QED) is 0.765. The molecule has 0 saturated heterocycles. The Hall–Kier alpha value is -1.32. The number of rotatable bonds is 5. The van der Waals surface area contributed by atoms with Gasteiger partial charge in [-0.05, 0) is 26.2 Å². The van der Waals surface area contributed by atoms with Crippen molar-refractivity contribution in [3.8, 4) is 0 Å². The molecule has 0 heterocycles. The number of allylic oxidation sites excluding steroid dienone is 2. The van der Waals surface area contributed by atoms with Crippen LogP contribution in [0.3, 0.4) is 0 Å². The Morgan fingerprint density at radius 2 is 1.89 bits per heavy atom. The van der Waals surface area contributed by atoms with Crippen LogP contribution in [0.4, 0.5) is 0 Å². The summed E-state index contributed by atoms with van der Waals surface area (Å²) in [5.74, 6) is -1.88. The lowest BCUT2D eigenvalue weighted by Crippen LogP contribution is -2.43. The van der Waals surface area contributed by atoms with Gasteiger partial charge in [0.1, 0.15) is 0 Å². The Morgan fingerprint density at radius 3 is 2.39 bits per heavy atom. The first-order valence-corrected chi connectivity index (χ1v) is 6.63. The summed E-state index contributed by atoms with van der Waals surface area (Å²) in [6.45, 7) is 4.09. The summed E-state index contributed by atoms with van der Waals surface area (Å²) in [6.07, 6.45) is 6.74. The maximum atomic E-state index is 12.4. The summed E-state index contributed by atoms with van der Waals surface area (Å²) < 4.78 is 0. The molecule has 1 rings (SSSR count). The topological polar surface area (TPSA) is 57.6 Å². The molecule has 1 aliphatic rings. The lowest BCUT2D eigenvalue weighted by atomic mass is 9.82. The van der Waals surface area contributed by atoms with Crippen LogP contribution in [-0.2, 0) is 9.59 Å². The van der Waals surface area contributed by atoms with Crippen molar-refractivity contribution in [2.45, 2.75) is 45.6 Å². The number of carbonyl (C=O) groups excluding carboxylic acids is 1. The van der Waals surface area contributed by atoms with Crippen molar-refractivity contribution in [1.82, 2.24) is 4.90 Å². The van der Waals surface area contributed by atoms with E-state index >= 15 is 0 Å². The van der Waals surface area contributed by atoms with E-state index in [1.54, 1.807) is 11.9 Å². The summed E-state index contributed by atoms with van der Waals surface area (Å²) in [6, 6.07) is 0.169. The number of amides is 1. The maximum Gasteiger partial charge on any atom is 0.307 e. The molecule has 0 spiro atoms. The minimum Gasteiger partial charge on any atom is -0.481 e. The first-order valence-electron chi connectivity index (χ1n) is 6.63. The molecule has 0 aliphatic heterocycles. The standard InChI is InChI=1S/C14H23NO3/c1-4-7-10(2)15(3)13(16)11-8-5-6-9-12(11)14(17)18/h5-6,10-12H,4,7-9H2,1-3H3,(H,17,18)/t10?,11-,12+/m1/s1. The Balaban J connectivity index is 2.75. The van der Waals surface area contributed by atoms with Gasteiger partial charge in [0.25, 0.3) is 0 Å². The second kappa shape index (κ2) is 6.57. The first kappa shape index (κ1) is 14.7. The monoisotopic (exact) mass is 253 g/mol. The molecule has 0 radical (unpaired) electrons. The highest BCUT2D eigenvalue weighted by Crippen LogP contribution is 2.28. The first-order chi connectivity index (χ1) is 8.49. The van der Waals surface area contributed by atoms with Crippen molar-refractivity contribution < 1.29 is 14.7 Å². The fourth-order valence-electron chi connectivity index (χ4n) is 2.45. The Labute approximate surface area is 109 Å². The molecular weight excluding hydrogens is 230 g/mol. The molecule has 18 heavy (non-hydrogen) atoms. The van der Waals surface area contributed by atoms with Crippen LogP contribution in [0.1, 0.15) is 39.5 Å². The zero-order valence-corrected chi connectivity index (χ0v) is 11.4. The van der Waals surface area contributed by atoms with Crippen molar-refractivity contribution in [1.29, 1.82) is 0 Å². The third-order valence-electron chi connectivity index (χ3n) is 3.78. The van der Waals surface area contributed by atoms with Gasteiger partial charge in [0, 0.05) is 13.1 Å². The predicted octanol–water partition coefficient (Wildman–Crippen LogP) is 2.30. The SMILES string of the molecule is CCCC(C)N(C)C(=O)[C@@H]1CC=CC[C@@H]1C(=O)O. The van der Waals surface area contributed by atoms with E-state index in [0.29, 0.717) is 12.8 Å². The van der Waals surface area contributed by atoms with Gasteiger partial charge in [-0.3, -0.25) is 9.59 Å². The fourth-order valence-corrected chi connectivity index (χ4v) is 2.45. The van der Waals surface area contributed by atoms with E-state index in [4.69, 9.17) is 0 Å². The second-order valence-corrected chi connectivity index (χ2v) is 5.08. The summed E-state index contributed by atoms with van der Waals surface area (Å²) in [7, 11) is 1.78. The van der Waals surface area contributed by atoms with Crippen molar-refractivity contribution in [2.24, 2.45) is 11.8 Å². The van der Waals surface area contributed by atoms with Crippen molar-refractivity contribution in [3.05, 3.63) is 12.2 Å². The summed E-state index contributed by atoms with van der Waals surface area (Å²) in [5.41, 5.74) is 0. The maximum absolute atomic E-state index is 12.4. The van der Waals surface area contributed by atoms with E-state index in [9.17, 15) is 14.7 Å². The van der Waals surface area contributed by atoms with E-state index in [0.717, 1.165) is 12.8 Å². The zero-order valence-electron chi connectivity index (χ0n) is 11.4. The molecule has 0 aromatic rings. The van der Waals surface area contributed by atoms with Crippen LogP contribution >= 0.6 is 0 Å². The van der Waals surface area contributed by atoms with Gasteiger partial charge in [0.15, 0.2) is 0 Å². The number of aliphatic carboxylic acids is 1. The molecule has 0 saturated carbocycles. The normalized spacial score (nSPS) is 24.6. The summed E-state index contributed by atoms with van der Waals surface area (Å²) in [4.78, 5) is 25.3. The smallest absolute Gasteiger partial charge is 0.307 e. The molecule has 4 nitrogen and oxygen atoms in total. The molecule has 0 aromatic heterocycles. The number of carboxylic acids is 1. The van der Waals surface area contributed by atoms with Gasteiger partial charge in [-0.15, -0.1) is 0 Å². The summed E-state index contributed by atoms with van der Waals surface area (Å²) >= 11 is 0. The van der Waals surface area contributed by atoms with E-state index in [1.165, 1.54) is 0 Å². The Bertz CT molecular complexity index is 338. The van der Waals surface area contributed by atoms with E-state index in [-0.39, 0.29) is 11.9 Å². The van der Waals surface area contributed by atoms with Crippen LogP contribution in [0.2, 0.25) is 0 Å². The number of carboxylic acid groups (broad SMARTS) is 1. The molecular formula is C14H23NO3. The van der Waals surface area contributed by atoms with Crippen LogP contribution in [0.15, 0.2) is 12.2 Å². The van der Waals surface area contributed by atoms with Gasteiger partial charge in [0.2, 0.25) is 5.91 Å². The molecule has 4 heteroatoms. The van der Waals surface area contributed by atoms with E-state index in [1.807, 2.05) is 19.1 Å². The molecule has 3 atom stereocenters. The highest BCUT2D eigenvalue weighted by molar-refractivity contribution is 5.85. The minimum absolute atomic E-state index is 0.0345. The molecule has 1 amide bonds. The molecule has 0 aromatic carbocycles. The number of hydrogen-bond donors (Lipinski definition) is 1.